The number of benzene rings is 2. The third-order valence-electron chi connectivity index (χ3n) is 7.46. The van der Waals surface area contributed by atoms with E-state index in [9.17, 15) is 23.1 Å². The molecule has 0 amide bonds. The van der Waals surface area contributed by atoms with Gasteiger partial charge in [0.2, 0.25) is 0 Å². The van der Waals surface area contributed by atoms with Crippen molar-refractivity contribution in [2.75, 3.05) is 5.32 Å². The lowest BCUT2D eigenvalue weighted by molar-refractivity contribution is -0.137. The second-order valence-corrected chi connectivity index (χ2v) is 10.6. The van der Waals surface area contributed by atoms with E-state index in [1.807, 2.05) is 58.0 Å². The highest BCUT2D eigenvalue weighted by atomic mass is 19.4. The summed E-state index contributed by atoms with van der Waals surface area (Å²) in [6.45, 7) is 8.07. The SMILES string of the molecule is CCCC(CCC)(c1ccc(C(F)(F)F)cc1)c1nn2c(c1C(=O)O)NC(c1ccccc1)CC2(C)C. The van der Waals surface area contributed by atoms with Crippen LogP contribution in [0.15, 0.2) is 54.6 Å². The van der Waals surface area contributed by atoms with Gasteiger partial charge in [-0.2, -0.15) is 18.3 Å². The topological polar surface area (TPSA) is 67.2 Å². The predicted octanol–water partition coefficient (Wildman–Crippen LogP) is 7.78. The molecule has 198 valence electrons. The second kappa shape index (κ2) is 9.88. The summed E-state index contributed by atoms with van der Waals surface area (Å²) in [6, 6.07) is 14.9. The number of nitrogens with zero attached hydrogens (tertiary/aromatic N) is 2. The molecule has 0 radical (unpaired) electrons. The Labute approximate surface area is 215 Å². The monoisotopic (exact) mass is 513 g/mol. The number of anilines is 1. The molecule has 1 unspecified atom stereocenters. The van der Waals surface area contributed by atoms with E-state index in [2.05, 4.69) is 5.32 Å². The molecule has 3 aromatic rings. The van der Waals surface area contributed by atoms with Gasteiger partial charge in [0.15, 0.2) is 0 Å². The van der Waals surface area contributed by atoms with Gasteiger partial charge in [-0.05, 0) is 56.4 Å². The van der Waals surface area contributed by atoms with E-state index >= 15 is 0 Å². The van der Waals surface area contributed by atoms with Crippen LogP contribution in [0.5, 0.6) is 0 Å². The van der Waals surface area contributed by atoms with Gasteiger partial charge in [0.25, 0.3) is 0 Å². The van der Waals surface area contributed by atoms with Crippen molar-refractivity contribution >= 4 is 11.8 Å². The van der Waals surface area contributed by atoms with Gasteiger partial charge in [-0.3, -0.25) is 0 Å². The van der Waals surface area contributed by atoms with Gasteiger partial charge >= 0.3 is 12.1 Å². The summed E-state index contributed by atoms with van der Waals surface area (Å²) in [5.41, 5.74) is 0.147. The Balaban J connectivity index is 1.94. The summed E-state index contributed by atoms with van der Waals surface area (Å²) in [6.07, 6.45) is -1.20. The van der Waals surface area contributed by atoms with Crippen molar-refractivity contribution in [3.63, 3.8) is 0 Å². The molecule has 0 aliphatic carbocycles. The molecule has 1 atom stereocenters. The third-order valence-corrected chi connectivity index (χ3v) is 7.46. The lowest BCUT2D eigenvalue weighted by atomic mass is 9.69. The third kappa shape index (κ3) is 4.86. The van der Waals surface area contributed by atoms with Crippen LogP contribution in [0.1, 0.15) is 98.6 Å². The number of aromatic nitrogens is 2. The summed E-state index contributed by atoms with van der Waals surface area (Å²) in [7, 11) is 0. The number of alkyl halides is 3. The molecule has 8 heteroatoms. The molecule has 0 spiro atoms. The number of hydrogen-bond donors (Lipinski definition) is 2. The Morgan fingerprint density at radius 3 is 2.11 bits per heavy atom. The normalized spacial score (nSPS) is 17.2. The molecule has 0 fully saturated rings. The molecular formula is C29H34F3N3O2. The van der Waals surface area contributed by atoms with Crippen LogP contribution in [-0.2, 0) is 17.1 Å². The zero-order valence-corrected chi connectivity index (χ0v) is 21.7. The number of halogens is 3. The molecule has 1 aromatic heterocycles. The predicted molar refractivity (Wildman–Crippen MR) is 138 cm³/mol. The average molecular weight is 514 g/mol. The molecule has 0 saturated heterocycles. The van der Waals surface area contributed by atoms with Crippen molar-refractivity contribution in [2.24, 2.45) is 0 Å². The number of hydrogen-bond acceptors (Lipinski definition) is 3. The Kier molecular flexibility index (Phi) is 7.14. The van der Waals surface area contributed by atoms with Gasteiger partial charge in [-0.25, -0.2) is 9.48 Å². The van der Waals surface area contributed by atoms with Crippen LogP contribution in [0.25, 0.3) is 0 Å². The Bertz CT molecular complexity index is 1240. The molecule has 1 aliphatic heterocycles. The minimum atomic E-state index is -4.45. The zero-order valence-electron chi connectivity index (χ0n) is 21.7. The highest BCUT2D eigenvalue weighted by Gasteiger charge is 2.45. The van der Waals surface area contributed by atoms with E-state index in [4.69, 9.17) is 5.10 Å². The first-order valence-corrected chi connectivity index (χ1v) is 12.8. The summed E-state index contributed by atoms with van der Waals surface area (Å²) >= 11 is 0. The van der Waals surface area contributed by atoms with Crippen molar-refractivity contribution in [1.29, 1.82) is 0 Å². The fraction of sp³-hybridized carbons (Fsp3) is 0.448. The number of aromatic carboxylic acids is 1. The van der Waals surface area contributed by atoms with Gasteiger partial charge in [0.05, 0.1) is 22.8 Å². The van der Waals surface area contributed by atoms with Crippen molar-refractivity contribution in [1.82, 2.24) is 9.78 Å². The van der Waals surface area contributed by atoms with Gasteiger partial charge in [0.1, 0.15) is 11.4 Å². The Morgan fingerprint density at radius 2 is 1.59 bits per heavy atom. The van der Waals surface area contributed by atoms with Crippen molar-refractivity contribution in [3.05, 3.63) is 82.5 Å². The van der Waals surface area contributed by atoms with E-state index in [-0.39, 0.29) is 11.6 Å². The summed E-state index contributed by atoms with van der Waals surface area (Å²) in [5.74, 6) is -0.659. The molecule has 2 heterocycles. The zero-order chi connectivity index (χ0) is 27.0. The fourth-order valence-corrected chi connectivity index (χ4v) is 5.83. The number of carboxylic acids is 1. The van der Waals surface area contributed by atoms with Crippen LogP contribution in [0.3, 0.4) is 0 Å². The van der Waals surface area contributed by atoms with Crippen LogP contribution in [0.2, 0.25) is 0 Å². The molecule has 0 saturated carbocycles. The summed E-state index contributed by atoms with van der Waals surface area (Å²) < 4.78 is 41.7. The standard InChI is InChI=1S/C29H34F3N3O2/c1-5-16-28(17-6-2,20-12-14-21(15-13-20)29(30,31)32)24-23(26(36)37)25-33-22(19-10-8-7-9-11-19)18-27(3,4)35(25)34-24/h7-15,22,33H,5-6,16-18H2,1-4H3,(H,36,37). The largest absolute Gasteiger partial charge is 0.477 e. The van der Waals surface area contributed by atoms with Crippen molar-refractivity contribution in [3.8, 4) is 0 Å². The van der Waals surface area contributed by atoms with Crippen LogP contribution < -0.4 is 5.32 Å². The average Bonchev–Trinajstić information content (AvgIpc) is 3.25. The molecular weight excluding hydrogens is 479 g/mol. The van der Waals surface area contributed by atoms with Gasteiger partial charge in [-0.15, -0.1) is 0 Å². The van der Waals surface area contributed by atoms with Gasteiger partial charge in [0, 0.05) is 5.41 Å². The van der Waals surface area contributed by atoms with E-state index in [1.54, 1.807) is 4.68 Å². The van der Waals surface area contributed by atoms with Crippen LogP contribution in [0, 0.1) is 0 Å². The minimum Gasteiger partial charge on any atom is -0.477 e. The summed E-state index contributed by atoms with van der Waals surface area (Å²) in [5, 5.41) is 18.9. The van der Waals surface area contributed by atoms with Crippen LogP contribution >= 0.6 is 0 Å². The second-order valence-electron chi connectivity index (χ2n) is 10.6. The maximum Gasteiger partial charge on any atom is 0.416 e. The fourth-order valence-electron chi connectivity index (χ4n) is 5.83. The lowest BCUT2D eigenvalue weighted by Gasteiger charge is -2.38. The molecule has 2 N–H and O–H groups in total. The van der Waals surface area contributed by atoms with Gasteiger partial charge < -0.3 is 10.4 Å². The molecule has 2 aromatic carbocycles. The molecule has 0 bridgehead atoms. The van der Waals surface area contributed by atoms with E-state index in [1.165, 1.54) is 12.1 Å². The smallest absolute Gasteiger partial charge is 0.416 e. The number of fused-ring (bicyclic) bond motifs is 1. The molecule has 4 rings (SSSR count). The first kappa shape index (κ1) is 26.8. The summed E-state index contributed by atoms with van der Waals surface area (Å²) in [4.78, 5) is 12.8. The van der Waals surface area contributed by atoms with Crippen LogP contribution in [0.4, 0.5) is 19.0 Å². The quantitative estimate of drug-likeness (QED) is 0.323. The Hall–Kier alpha value is -3.29. The van der Waals surface area contributed by atoms with E-state index < -0.39 is 28.7 Å². The number of rotatable bonds is 8. The van der Waals surface area contributed by atoms with Crippen molar-refractivity contribution < 1.29 is 23.1 Å². The highest BCUT2D eigenvalue weighted by Crippen LogP contribution is 2.48. The molecule has 37 heavy (non-hydrogen) atoms. The van der Waals surface area contributed by atoms with Crippen molar-refractivity contribution in [2.45, 2.75) is 83.0 Å². The first-order chi connectivity index (χ1) is 17.4. The number of carboxylic acid groups (broad SMARTS) is 1. The Morgan fingerprint density at radius 1 is 1.03 bits per heavy atom. The van der Waals surface area contributed by atoms with E-state index in [0.717, 1.165) is 17.7 Å². The molecule has 5 nitrogen and oxygen atoms in total. The van der Waals surface area contributed by atoms with E-state index in [0.29, 0.717) is 49.2 Å². The lowest BCUT2D eigenvalue weighted by Crippen LogP contribution is -2.38. The first-order valence-electron chi connectivity index (χ1n) is 12.8. The maximum atomic E-state index is 13.3. The number of nitrogens with one attached hydrogen (secondary N) is 1. The number of carbonyl (C=O) groups is 1. The highest BCUT2D eigenvalue weighted by molar-refractivity contribution is 5.95. The molecule has 1 aliphatic rings. The maximum absolute atomic E-state index is 13.3. The van der Waals surface area contributed by atoms with Crippen LogP contribution in [-0.4, -0.2) is 20.9 Å². The van der Waals surface area contributed by atoms with Gasteiger partial charge in [-0.1, -0.05) is 69.2 Å². The minimum absolute atomic E-state index is 0.0931.